The minimum Gasteiger partial charge on any atom is -0.390 e. The van der Waals surface area contributed by atoms with E-state index >= 15 is 0 Å². The van der Waals surface area contributed by atoms with Crippen molar-refractivity contribution in [1.82, 2.24) is 0 Å². The summed E-state index contributed by atoms with van der Waals surface area (Å²) in [5.74, 6) is 1.36. The SMILES string of the molecule is CCCC/C=C/CCCCCCCCCCC1=NCC[N+]1(CC)CCO. The number of unbranched alkanes of at least 4 members (excludes halogenated alkanes) is 10. The number of rotatable bonds is 17. The summed E-state index contributed by atoms with van der Waals surface area (Å²) < 4.78 is 0.948. The Kier molecular flexibility index (Phi) is 13.8. The van der Waals surface area contributed by atoms with E-state index in [4.69, 9.17) is 4.99 Å². The molecule has 1 rings (SSSR count). The summed E-state index contributed by atoms with van der Waals surface area (Å²) >= 11 is 0. The molecule has 1 heterocycles. The molecule has 26 heavy (non-hydrogen) atoms. The lowest BCUT2D eigenvalue weighted by Crippen LogP contribution is -2.52. The predicted octanol–water partition coefficient (Wildman–Crippen LogP) is 5.87. The number of hydrogen-bond acceptors (Lipinski definition) is 2. The van der Waals surface area contributed by atoms with Gasteiger partial charge in [-0.2, -0.15) is 0 Å². The Balaban J connectivity index is 1.94. The van der Waals surface area contributed by atoms with Gasteiger partial charge in [0.2, 0.25) is 0 Å². The highest BCUT2D eigenvalue weighted by molar-refractivity contribution is 5.76. The van der Waals surface area contributed by atoms with Crippen LogP contribution in [-0.4, -0.2) is 48.2 Å². The minimum absolute atomic E-state index is 0.279. The Labute approximate surface area is 163 Å². The van der Waals surface area contributed by atoms with Crippen molar-refractivity contribution in [3.8, 4) is 0 Å². The summed E-state index contributed by atoms with van der Waals surface area (Å²) in [5.41, 5.74) is 0. The van der Waals surface area contributed by atoms with Gasteiger partial charge in [-0.25, -0.2) is 4.99 Å². The number of likely N-dealkylation sites (N-methyl/N-ethyl adjacent to an activating group) is 1. The van der Waals surface area contributed by atoms with Crippen molar-refractivity contribution in [1.29, 1.82) is 0 Å². The van der Waals surface area contributed by atoms with Gasteiger partial charge >= 0.3 is 0 Å². The number of aliphatic hydroxyl groups excluding tert-OH is 1. The Morgan fingerprint density at radius 2 is 1.50 bits per heavy atom. The van der Waals surface area contributed by atoms with E-state index < -0.39 is 0 Å². The molecule has 1 atom stereocenters. The molecule has 0 saturated heterocycles. The maximum Gasteiger partial charge on any atom is 0.198 e. The van der Waals surface area contributed by atoms with Crippen LogP contribution in [0.3, 0.4) is 0 Å². The third kappa shape index (κ3) is 9.32. The van der Waals surface area contributed by atoms with Gasteiger partial charge in [0.15, 0.2) is 5.84 Å². The van der Waals surface area contributed by atoms with E-state index in [9.17, 15) is 5.11 Å². The van der Waals surface area contributed by atoms with Gasteiger partial charge in [0.25, 0.3) is 0 Å². The molecule has 1 unspecified atom stereocenters. The largest absolute Gasteiger partial charge is 0.390 e. The van der Waals surface area contributed by atoms with Gasteiger partial charge in [-0.05, 0) is 32.6 Å². The third-order valence-corrected chi connectivity index (χ3v) is 5.92. The van der Waals surface area contributed by atoms with Crippen molar-refractivity contribution < 1.29 is 9.59 Å². The highest BCUT2D eigenvalue weighted by atomic mass is 16.3. The Morgan fingerprint density at radius 3 is 2.12 bits per heavy atom. The topological polar surface area (TPSA) is 32.6 Å². The molecule has 0 fully saturated rings. The van der Waals surface area contributed by atoms with Crippen molar-refractivity contribution in [2.75, 3.05) is 32.8 Å². The molecule has 0 amide bonds. The summed E-state index contributed by atoms with van der Waals surface area (Å²) in [7, 11) is 0. The van der Waals surface area contributed by atoms with E-state index in [1.54, 1.807) is 0 Å². The van der Waals surface area contributed by atoms with Gasteiger partial charge in [-0.1, -0.05) is 70.4 Å². The van der Waals surface area contributed by atoms with Crippen LogP contribution in [0.5, 0.6) is 0 Å². The van der Waals surface area contributed by atoms with Gasteiger partial charge in [0.1, 0.15) is 13.1 Å². The quantitative estimate of drug-likeness (QED) is 0.195. The summed E-state index contributed by atoms with van der Waals surface area (Å²) in [6, 6.07) is 0. The van der Waals surface area contributed by atoms with Crippen LogP contribution in [0, 0.1) is 0 Å². The molecule has 0 saturated carbocycles. The third-order valence-electron chi connectivity index (χ3n) is 5.92. The summed E-state index contributed by atoms with van der Waals surface area (Å²) in [4.78, 5) is 4.75. The van der Waals surface area contributed by atoms with Gasteiger partial charge in [-0.3, -0.25) is 4.48 Å². The Morgan fingerprint density at radius 1 is 0.885 bits per heavy atom. The van der Waals surface area contributed by atoms with Crippen molar-refractivity contribution in [2.45, 2.75) is 97.3 Å². The van der Waals surface area contributed by atoms with Gasteiger partial charge < -0.3 is 5.11 Å². The average Bonchev–Trinajstić information content (AvgIpc) is 3.05. The van der Waals surface area contributed by atoms with Crippen molar-refractivity contribution >= 4 is 5.84 Å². The van der Waals surface area contributed by atoms with Crippen LogP contribution in [-0.2, 0) is 0 Å². The molecule has 152 valence electrons. The van der Waals surface area contributed by atoms with Crippen LogP contribution in [0.2, 0.25) is 0 Å². The molecule has 1 aliphatic rings. The zero-order valence-corrected chi connectivity index (χ0v) is 17.7. The van der Waals surface area contributed by atoms with Crippen LogP contribution in [0.4, 0.5) is 0 Å². The van der Waals surface area contributed by atoms with E-state index in [1.165, 1.54) is 82.9 Å². The zero-order valence-electron chi connectivity index (χ0n) is 17.7. The van der Waals surface area contributed by atoms with Crippen LogP contribution in [0.15, 0.2) is 17.1 Å². The second-order valence-electron chi connectivity index (χ2n) is 7.91. The summed E-state index contributed by atoms with van der Waals surface area (Å²) in [5, 5.41) is 9.36. The van der Waals surface area contributed by atoms with Gasteiger partial charge in [-0.15, -0.1) is 0 Å². The molecule has 0 aromatic carbocycles. The number of aliphatic hydroxyl groups is 1. The van der Waals surface area contributed by atoms with E-state index in [2.05, 4.69) is 26.0 Å². The Hall–Kier alpha value is -0.670. The number of quaternary nitrogens is 1. The lowest BCUT2D eigenvalue weighted by Gasteiger charge is -2.33. The molecule has 0 spiro atoms. The van der Waals surface area contributed by atoms with Gasteiger partial charge in [0, 0.05) is 6.42 Å². The van der Waals surface area contributed by atoms with E-state index in [1.807, 2.05) is 0 Å². The fraction of sp³-hybridized carbons (Fsp3) is 0.870. The molecule has 1 N–H and O–H groups in total. The Bertz CT molecular complexity index is 392. The number of aliphatic imine (C=N–C) groups is 1. The number of nitrogens with zero attached hydrogens (tertiary/aromatic N) is 2. The van der Waals surface area contributed by atoms with Crippen LogP contribution < -0.4 is 0 Å². The number of allylic oxidation sites excluding steroid dienone is 2. The molecular weight excluding hydrogens is 320 g/mol. The zero-order chi connectivity index (χ0) is 18.9. The average molecular weight is 366 g/mol. The number of hydrogen-bond donors (Lipinski definition) is 1. The second-order valence-corrected chi connectivity index (χ2v) is 7.91. The summed E-state index contributed by atoms with van der Waals surface area (Å²) in [6.07, 6.45) is 22.0. The molecule has 0 aliphatic carbocycles. The molecule has 0 radical (unpaired) electrons. The molecular formula is C23H45N2O+. The monoisotopic (exact) mass is 365 g/mol. The smallest absolute Gasteiger partial charge is 0.198 e. The first-order valence-corrected chi connectivity index (χ1v) is 11.4. The first kappa shape index (κ1) is 23.4. The predicted molar refractivity (Wildman–Crippen MR) is 115 cm³/mol. The standard InChI is InChI=1S/C23H45N2O/c1-3-5-6-7-8-9-10-11-12-13-14-15-16-17-18-23-24-19-20-25(23,4-2)21-22-26/h7-8,26H,3-6,9-22H2,1-2H3/q+1/b8-7+. The molecule has 0 bridgehead atoms. The normalized spacial score (nSPS) is 20.2. The van der Waals surface area contributed by atoms with E-state index in [-0.39, 0.29) is 6.61 Å². The molecule has 3 nitrogen and oxygen atoms in total. The van der Waals surface area contributed by atoms with Crippen molar-refractivity contribution in [3.63, 3.8) is 0 Å². The lowest BCUT2D eigenvalue weighted by atomic mass is 10.1. The maximum atomic E-state index is 9.36. The molecule has 0 aromatic rings. The minimum atomic E-state index is 0.279. The summed E-state index contributed by atoms with van der Waals surface area (Å²) in [6.45, 7) is 8.75. The van der Waals surface area contributed by atoms with Gasteiger partial charge in [0.05, 0.1) is 19.7 Å². The van der Waals surface area contributed by atoms with Crippen LogP contribution in [0.1, 0.15) is 97.3 Å². The molecule has 0 aromatic heterocycles. The van der Waals surface area contributed by atoms with E-state index in [0.717, 1.165) is 37.1 Å². The first-order valence-electron chi connectivity index (χ1n) is 11.4. The first-order chi connectivity index (χ1) is 12.8. The van der Waals surface area contributed by atoms with Crippen molar-refractivity contribution in [2.24, 2.45) is 4.99 Å². The second kappa shape index (κ2) is 15.4. The fourth-order valence-electron chi connectivity index (χ4n) is 4.06. The fourth-order valence-corrected chi connectivity index (χ4v) is 4.06. The number of amidine groups is 1. The van der Waals surface area contributed by atoms with E-state index in [0.29, 0.717) is 0 Å². The highest BCUT2D eigenvalue weighted by Crippen LogP contribution is 2.20. The van der Waals surface area contributed by atoms with Crippen LogP contribution in [0.25, 0.3) is 0 Å². The molecule has 1 aliphatic heterocycles. The molecule has 3 heteroatoms. The maximum absolute atomic E-state index is 9.36. The van der Waals surface area contributed by atoms with Crippen LogP contribution >= 0.6 is 0 Å². The van der Waals surface area contributed by atoms with Crippen molar-refractivity contribution in [3.05, 3.63) is 12.2 Å². The highest BCUT2D eigenvalue weighted by Gasteiger charge is 2.35. The lowest BCUT2D eigenvalue weighted by molar-refractivity contribution is -0.835.